The highest BCUT2D eigenvalue weighted by Gasteiger charge is 2.17. The Morgan fingerprint density at radius 1 is 1.32 bits per heavy atom. The fourth-order valence-corrected chi connectivity index (χ4v) is 2.58. The number of rotatable bonds is 7. The molecule has 1 aromatic carbocycles. The SMILES string of the molecule is CC(NCC(c1cnn(C)c1)N(C)C)c1cccc(CO)c1. The molecule has 0 bridgehead atoms. The minimum atomic E-state index is 0.0799. The van der Waals surface area contributed by atoms with Gasteiger partial charge in [0.1, 0.15) is 0 Å². The zero-order valence-electron chi connectivity index (χ0n) is 13.8. The van der Waals surface area contributed by atoms with E-state index in [0.717, 1.165) is 12.1 Å². The molecular weight excluding hydrogens is 276 g/mol. The molecule has 22 heavy (non-hydrogen) atoms. The zero-order chi connectivity index (χ0) is 16.1. The summed E-state index contributed by atoms with van der Waals surface area (Å²) < 4.78 is 1.83. The number of benzene rings is 1. The van der Waals surface area contributed by atoms with Crippen molar-refractivity contribution < 1.29 is 5.11 Å². The summed E-state index contributed by atoms with van der Waals surface area (Å²) in [5, 5.41) is 17.1. The lowest BCUT2D eigenvalue weighted by molar-refractivity contribution is 0.279. The first-order chi connectivity index (χ1) is 10.5. The van der Waals surface area contributed by atoms with Gasteiger partial charge in [0, 0.05) is 37.4 Å². The fourth-order valence-electron chi connectivity index (χ4n) is 2.58. The smallest absolute Gasteiger partial charge is 0.0681 e. The lowest BCUT2D eigenvalue weighted by atomic mass is 10.0. The van der Waals surface area contributed by atoms with Gasteiger partial charge in [0.25, 0.3) is 0 Å². The second-order valence-electron chi connectivity index (χ2n) is 5.96. The molecule has 0 amide bonds. The van der Waals surface area contributed by atoms with Crippen LogP contribution >= 0.6 is 0 Å². The van der Waals surface area contributed by atoms with E-state index >= 15 is 0 Å². The van der Waals surface area contributed by atoms with Gasteiger partial charge < -0.3 is 15.3 Å². The first kappa shape index (κ1) is 16.7. The molecule has 0 radical (unpaired) electrons. The average Bonchev–Trinajstić information content (AvgIpc) is 2.93. The van der Waals surface area contributed by atoms with Gasteiger partial charge in [0.2, 0.25) is 0 Å². The third-order valence-electron chi connectivity index (χ3n) is 3.98. The molecule has 0 saturated carbocycles. The predicted molar refractivity (Wildman–Crippen MR) is 88.4 cm³/mol. The number of aliphatic hydroxyl groups is 1. The Kier molecular flexibility index (Phi) is 5.71. The van der Waals surface area contributed by atoms with Gasteiger partial charge in [-0.3, -0.25) is 4.68 Å². The molecule has 2 aromatic rings. The Bertz CT molecular complexity index is 594. The first-order valence-electron chi connectivity index (χ1n) is 7.59. The normalized spacial score (nSPS) is 14.3. The van der Waals surface area contributed by atoms with Crippen molar-refractivity contribution >= 4 is 0 Å². The Balaban J connectivity index is 2.02. The van der Waals surface area contributed by atoms with Gasteiger partial charge >= 0.3 is 0 Å². The van der Waals surface area contributed by atoms with Gasteiger partial charge in [0.15, 0.2) is 0 Å². The average molecular weight is 302 g/mol. The summed E-state index contributed by atoms with van der Waals surface area (Å²) in [7, 11) is 6.10. The van der Waals surface area contributed by atoms with Crippen LogP contribution in [0, 0.1) is 0 Å². The quantitative estimate of drug-likeness (QED) is 0.820. The van der Waals surface area contributed by atoms with Gasteiger partial charge in [-0.2, -0.15) is 5.10 Å². The van der Waals surface area contributed by atoms with Crippen LogP contribution in [-0.2, 0) is 13.7 Å². The molecule has 2 N–H and O–H groups in total. The highest BCUT2D eigenvalue weighted by Crippen LogP contribution is 2.19. The monoisotopic (exact) mass is 302 g/mol. The molecule has 5 heteroatoms. The number of aliphatic hydroxyl groups excluding tert-OH is 1. The largest absolute Gasteiger partial charge is 0.392 e. The Morgan fingerprint density at radius 3 is 2.68 bits per heavy atom. The maximum absolute atomic E-state index is 9.25. The van der Waals surface area contributed by atoms with E-state index in [1.165, 1.54) is 11.1 Å². The summed E-state index contributed by atoms with van der Waals surface area (Å²) in [4.78, 5) is 2.20. The van der Waals surface area contributed by atoms with Crippen molar-refractivity contribution in [3.05, 3.63) is 53.3 Å². The standard InChI is InChI=1S/C17H26N4O/c1-13(15-7-5-6-14(8-15)12-22)18-10-17(20(2)3)16-9-19-21(4)11-16/h5-9,11,13,17-18,22H,10,12H2,1-4H3. The van der Waals surface area contributed by atoms with Crippen molar-refractivity contribution in [2.24, 2.45) is 7.05 Å². The van der Waals surface area contributed by atoms with Crippen LogP contribution in [-0.4, -0.2) is 40.4 Å². The summed E-state index contributed by atoms with van der Waals surface area (Å²) in [6.45, 7) is 3.06. The molecular formula is C17H26N4O. The fraction of sp³-hybridized carbons (Fsp3) is 0.471. The number of nitrogens with one attached hydrogen (secondary N) is 1. The van der Waals surface area contributed by atoms with E-state index in [-0.39, 0.29) is 18.7 Å². The molecule has 0 aliphatic heterocycles. The molecule has 0 aliphatic rings. The number of aryl methyl sites for hydroxylation is 1. The molecule has 120 valence electrons. The van der Waals surface area contributed by atoms with Crippen molar-refractivity contribution in [2.45, 2.75) is 25.6 Å². The van der Waals surface area contributed by atoms with Gasteiger partial charge in [-0.25, -0.2) is 0 Å². The number of hydrogen-bond donors (Lipinski definition) is 2. The number of aromatic nitrogens is 2. The van der Waals surface area contributed by atoms with Crippen molar-refractivity contribution in [3.8, 4) is 0 Å². The predicted octanol–water partition coefficient (Wildman–Crippen LogP) is 1.87. The first-order valence-corrected chi connectivity index (χ1v) is 7.59. The number of likely N-dealkylation sites (N-methyl/N-ethyl adjacent to an activating group) is 1. The maximum atomic E-state index is 9.25. The van der Waals surface area contributed by atoms with Gasteiger partial charge in [-0.15, -0.1) is 0 Å². The Labute approximate surface area is 132 Å². The molecule has 0 spiro atoms. The molecule has 2 atom stereocenters. The molecule has 0 saturated heterocycles. The van der Waals surface area contributed by atoms with E-state index in [4.69, 9.17) is 0 Å². The van der Waals surface area contributed by atoms with Crippen molar-refractivity contribution in [2.75, 3.05) is 20.6 Å². The van der Waals surface area contributed by atoms with Gasteiger partial charge in [-0.1, -0.05) is 24.3 Å². The van der Waals surface area contributed by atoms with Crippen molar-refractivity contribution in [1.29, 1.82) is 0 Å². The number of hydrogen-bond acceptors (Lipinski definition) is 4. The topological polar surface area (TPSA) is 53.3 Å². The van der Waals surface area contributed by atoms with Crippen LogP contribution in [0.4, 0.5) is 0 Å². The third-order valence-corrected chi connectivity index (χ3v) is 3.98. The van der Waals surface area contributed by atoms with Gasteiger partial charge in [-0.05, 0) is 32.1 Å². The second-order valence-corrected chi connectivity index (χ2v) is 5.96. The van der Waals surface area contributed by atoms with Gasteiger partial charge in [0.05, 0.1) is 12.8 Å². The lowest BCUT2D eigenvalue weighted by Gasteiger charge is -2.26. The van der Waals surface area contributed by atoms with E-state index in [1.54, 1.807) is 0 Å². The lowest BCUT2D eigenvalue weighted by Crippen LogP contribution is -2.32. The van der Waals surface area contributed by atoms with E-state index in [0.29, 0.717) is 0 Å². The van der Waals surface area contributed by atoms with Crippen LogP contribution < -0.4 is 5.32 Å². The summed E-state index contributed by atoms with van der Waals surface area (Å²) >= 11 is 0. The minimum Gasteiger partial charge on any atom is -0.392 e. The number of nitrogens with zero attached hydrogens (tertiary/aromatic N) is 3. The van der Waals surface area contributed by atoms with Crippen LogP contribution in [0.15, 0.2) is 36.7 Å². The molecule has 5 nitrogen and oxygen atoms in total. The van der Waals surface area contributed by atoms with Crippen LogP contribution in [0.2, 0.25) is 0 Å². The maximum Gasteiger partial charge on any atom is 0.0681 e. The molecule has 0 aliphatic carbocycles. The van der Waals surface area contributed by atoms with E-state index < -0.39 is 0 Å². The summed E-state index contributed by atoms with van der Waals surface area (Å²) in [5.41, 5.74) is 3.34. The second kappa shape index (κ2) is 7.54. The zero-order valence-corrected chi connectivity index (χ0v) is 13.8. The van der Waals surface area contributed by atoms with E-state index in [1.807, 2.05) is 36.1 Å². The van der Waals surface area contributed by atoms with Crippen molar-refractivity contribution in [1.82, 2.24) is 20.0 Å². The van der Waals surface area contributed by atoms with E-state index in [9.17, 15) is 5.11 Å². The molecule has 1 heterocycles. The highest BCUT2D eigenvalue weighted by molar-refractivity contribution is 5.25. The van der Waals surface area contributed by atoms with E-state index in [2.05, 4.69) is 48.6 Å². The van der Waals surface area contributed by atoms with Crippen LogP contribution in [0.25, 0.3) is 0 Å². The van der Waals surface area contributed by atoms with Crippen LogP contribution in [0.1, 0.15) is 35.7 Å². The van der Waals surface area contributed by atoms with Crippen LogP contribution in [0.5, 0.6) is 0 Å². The van der Waals surface area contributed by atoms with Crippen molar-refractivity contribution in [3.63, 3.8) is 0 Å². The summed E-state index contributed by atoms with van der Waals surface area (Å²) in [5.74, 6) is 0. The summed E-state index contributed by atoms with van der Waals surface area (Å²) in [6.07, 6.45) is 3.98. The Morgan fingerprint density at radius 2 is 2.09 bits per heavy atom. The minimum absolute atomic E-state index is 0.0799. The molecule has 2 unspecified atom stereocenters. The molecule has 2 rings (SSSR count). The highest BCUT2D eigenvalue weighted by atomic mass is 16.3. The third kappa shape index (κ3) is 4.16. The van der Waals surface area contributed by atoms with Crippen LogP contribution in [0.3, 0.4) is 0 Å². The summed E-state index contributed by atoms with van der Waals surface area (Å²) in [6, 6.07) is 8.57. The Hall–Kier alpha value is -1.69. The molecule has 0 fully saturated rings. The molecule has 1 aromatic heterocycles.